The van der Waals surface area contributed by atoms with Crippen molar-refractivity contribution in [3.8, 4) is 0 Å². The third-order valence-electron chi connectivity index (χ3n) is 1.56. The molecule has 0 rings (SSSR count). The number of carboxylic acids is 1. The lowest BCUT2D eigenvalue weighted by molar-refractivity contribution is -0.160. The molecule has 0 saturated heterocycles. The van der Waals surface area contributed by atoms with Crippen molar-refractivity contribution in [2.75, 3.05) is 0 Å². The lowest BCUT2D eigenvalue weighted by Gasteiger charge is -2.20. The predicted molar refractivity (Wildman–Crippen MR) is 52.3 cm³/mol. The number of carbonyl (C=O) groups is 3. The van der Waals surface area contributed by atoms with Gasteiger partial charge in [0.25, 0.3) is 0 Å². The van der Waals surface area contributed by atoms with Crippen molar-refractivity contribution >= 4 is 18.2 Å². The minimum Gasteiger partial charge on any atom is -0.481 e. The Morgan fingerprint density at radius 2 is 1.93 bits per heavy atom. The van der Waals surface area contributed by atoms with E-state index in [1.54, 1.807) is 20.8 Å². The van der Waals surface area contributed by atoms with Gasteiger partial charge in [0.15, 0.2) is 0 Å². The molecule has 0 aliphatic rings. The second kappa shape index (κ2) is 5.48. The van der Waals surface area contributed by atoms with E-state index in [1.807, 2.05) is 0 Å². The number of hydrogen-bond acceptors (Lipinski definition) is 4. The van der Waals surface area contributed by atoms with Crippen molar-refractivity contribution in [1.82, 2.24) is 0 Å². The van der Waals surface area contributed by atoms with Crippen LogP contribution in [0.3, 0.4) is 0 Å². The zero-order valence-corrected chi connectivity index (χ0v) is 9.15. The lowest BCUT2D eigenvalue weighted by Crippen LogP contribution is -2.27. The van der Waals surface area contributed by atoms with Gasteiger partial charge in [0.2, 0.25) is 0 Å². The highest BCUT2D eigenvalue weighted by Gasteiger charge is 2.24. The van der Waals surface area contributed by atoms with E-state index in [0.29, 0.717) is 6.29 Å². The van der Waals surface area contributed by atoms with Crippen LogP contribution >= 0.6 is 0 Å². The van der Waals surface area contributed by atoms with Crippen molar-refractivity contribution in [3.63, 3.8) is 0 Å². The average Bonchev–Trinajstić information content (AvgIpc) is 1.99. The zero-order chi connectivity index (χ0) is 12.1. The van der Waals surface area contributed by atoms with E-state index in [-0.39, 0.29) is 12.8 Å². The molecule has 0 amide bonds. The number of esters is 1. The van der Waals surface area contributed by atoms with Gasteiger partial charge in [-0.25, -0.2) is 0 Å². The predicted octanol–water partition coefficient (Wildman–Crippen LogP) is 1.01. The Bertz CT molecular complexity index is 251. The number of ether oxygens (including phenoxy) is 1. The Kier molecular flexibility index (Phi) is 4.97. The maximum atomic E-state index is 11.2. The summed E-state index contributed by atoms with van der Waals surface area (Å²) in [7, 11) is 0. The molecule has 0 aliphatic heterocycles. The second-order valence-electron chi connectivity index (χ2n) is 4.23. The fourth-order valence-electron chi connectivity index (χ4n) is 0.972. The third-order valence-corrected chi connectivity index (χ3v) is 1.56. The quantitative estimate of drug-likeness (QED) is 0.548. The van der Waals surface area contributed by atoms with Crippen LogP contribution in [-0.2, 0) is 19.1 Å². The summed E-state index contributed by atoms with van der Waals surface area (Å²) in [6.45, 7) is 5.08. The van der Waals surface area contributed by atoms with Crippen LogP contribution in [0.4, 0.5) is 0 Å². The van der Waals surface area contributed by atoms with Gasteiger partial charge in [-0.2, -0.15) is 0 Å². The summed E-state index contributed by atoms with van der Waals surface area (Å²) in [4.78, 5) is 32.0. The Hall–Kier alpha value is -1.39. The van der Waals surface area contributed by atoms with Crippen LogP contribution < -0.4 is 0 Å². The van der Waals surface area contributed by atoms with Crippen LogP contribution in [0.1, 0.15) is 33.6 Å². The highest BCUT2D eigenvalue weighted by Crippen LogP contribution is 2.13. The average molecular weight is 216 g/mol. The smallest absolute Gasteiger partial charge is 0.307 e. The normalized spacial score (nSPS) is 13.0. The highest BCUT2D eigenvalue weighted by atomic mass is 16.6. The van der Waals surface area contributed by atoms with E-state index < -0.39 is 23.5 Å². The fourth-order valence-corrected chi connectivity index (χ4v) is 0.972. The fraction of sp³-hybridized carbons (Fsp3) is 0.700. The van der Waals surface area contributed by atoms with E-state index in [4.69, 9.17) is 9.84 Å². The van der Waals surface area contributed by atoms with Crippen molar-refractivity contribution in [2.24, 2.45) is 5.92 Å². The van der Waals surface area contributed by atoms with Gasteiger partial charge in [-0.3, -0.25) is 9.59 Å². The lowest BCUT2D eigenvalue weighted by atomic mass is 10.0. The minimum atomic E-state index is -1.16. The van der Waals surface area contributed by atoms with Gasteiger partial charge in [-0.05, 0) is 20.8 Å². The Labute approximate surface area is 88.4 Å². The van der Waals surface area contributed by atoms with E-state index in [0.717, 1.165) is 0 Å². The van der Waals surface area contributed by atoms with Crippen molar-refractivity contribution < 1.29 is 24.2 Å². The summed E-state index contributed by atoms with van der Waals surface area (Å²) in [5.74, 6) is -2.75. The first kappa shape index (κ1) is 13.6. The Morgan fingerprint density at radius 1 is 1.40 bits per heavy atom. The summed E-state index contributed by atoms with van der Waals surface area (Å²) >= 11 is 0. The molecule has 0 aliphatic carbocycles. The van der Waals surface area contributed by atoms with Crippen LogP contribution in [0.2, 0.25) is 0 Å². The minimum absolute atomic E-state index is 0.172. The number of aldehydes is 1. The number of aliphatic carboxylic acids is 1. The highest BCUT2D eigenvalue weighted by molar-refractivity contribution is 5.80. The van der Waals surface area contributed by atoms with E-state index in [1.165, 1.54) is 0 Å². The van der Waals surface area contributed by atoms with Gasteiger partial charge in [0.1, 0.15) is 11.9 Å². The molecule has 0 heterocycles. The molecule has 0 saturated carbocycles. The van der Waals surface area contributed by atoms with Crippen LogP contribution in [-0.4, -0.2) is 28.9 Å². The van der Waals surface area contributed by atoms with E-state index in [2.05, 4.69) is 0 Å². The molecule has 0 spiro atoms. The molecule has 0 aromatic rings. The Morgan fingerprint density at radius 3 is 2.27 bits per heavy atom. The first-order valence-electron chi connectivity index (χ1n) is 4.64. The molecular weight excluding hydrogens is 200 g/mol. The molecule has 1 unspecified atom stereocenters. The number of hydrogen-bond donors (Lipinski definition) is 1. The molecular formula is C10H16O5. The van der Waals surface area contributed by atoms with E-state index in [9.17, 15) is 14.4 Å². The van der Waals surface area contributed by atoms with Crippen LogP contribution in [0.15, 0.2) is 0 Å². The molecule has 1 atom stereocenters. The van der Waals surface area contributed by atoms with Gasteiger partial charge in [0, 0.05) is 6.42 Å². The molecule has 0 aromatic heterocycles. The van der Waals surface area contributed by atoms with Crippen LogP contribution in [0, 0.1) is 5.92 Å². The molecule has 0 fully saturated rings. The molecule has 5 heteroatoms. The summed E-state index contributed by atoms with van der Waals surface area (Å²) in [5, 5.41) is 8.68. The number of carbonyl (C=O) groups excluding carboxylic acids is 2. The molecule has 86 valence electrons. The SMILES string of the molecule is CC(C)(C)OC(=O)CC(CC=O)C(=O)O. The number of carboxylic acid groups (broad SMARTS) is 1. The largest absolute Gasteiger partial charge is 0.481 e. The summed E-state index contributed by atoms with van der Waals surface area (Å²) in [6.07, 6.45) is 0.0447. The molecule has 1 N–H and O–H groups in total. The molecule has 0 bridgehead atoms. The standard InChI is InChI=1S/C10H16O5/c1-10(2,3)15-8(12)6-7(4-5-11)9(13)14/h5,7H,4,6H2,1-3H3,(H,13,14). The summed E-state index contributed by atoms with van der Waals surface area (Å²) in [5.41, 5.74) is -0.638. The first-order chi connectivity index (χ1) is 6.76. The van der Waals surface area contributed by atoms with Crippen LogP contribution in [0.25, 0.3) is 0 Å². The summed E-state index contributed by atoms with van der Waals surface area (Å²) < 4.78 is 4.95. The molecule has 15 heavy (non-hydrogen) atoms. The molecule has 5 nitrogen and oxygen atoms in total. The van der Waals surface area contributed by atoms with Crippen molar-refractivity contribution in [3.05, 3.63) is 0 Å². The van der Waals surface area contributed by atoms with Crippen molar-refractivity contribution in [2.45, 2.75) is 39.2 Å². The zero-order valence-electron chi connectivity index (χ0n) is 9.15. The maximum absolute atomic E-state index is 11.2. The maximum Gasteiger partial charge on any atom is 0.307 e. The monoisotopic (exact) mass is 216 g/mol. The van der Waals surface area contributed by atoms with Crippen molar-refractivity contribution in [1.29, 1.82) is 0 Å². The van der Waals surface area contributed by atoms with Gasteiger partial charge in [-0.15, -0.1) is 0 Å². The molecule has 0 radical (unpaired) electrons. The van der Waals surface area contributed by atoms with Gasteiger partial charge < -0.3 is 14.6 Å². The summed E-state index contributed by atoms with van der Waals surface area (Å²) in [6, 6.07) is 0. The molecule has 0 aromatic carbocycles. The third kappa shape index (κ3) is 6.65. The first-order valence-corrected chi connectivity index (χ1v) is 4.64. The van der Waals surface area contributed by atoms with E-state index >= 15 is 0 Å². The van der Waals surface area contributed by atoms with Gasteiger partial charge >= 0.3 is 11.9 Å². The second-order valence-corrected chi connectivity index (χ2v) is 4.23. The Balaban J connectivity index is 4.23. The van der Waals surface area contributed by atoms with Crippen LogP contribution in [0.5, 0.6) is 0 Å². The number of rotatable bonds is 5. The van der Waals surface area contributed by atoms with Gasteiger partial charge in [0.05, 0.1) is 12.3 Å². The van der Waals surface area contributed by atoms with Gasteiger partial charge in [-0.1, -0.05) is 0 Å². The topological polar surface area (TPSA) is 80.7 Å².